The van der Waals surface area contributed by atoms with E-state index in [4.69, 9.17) is 0 Å². The zero-order valence-electron chi connectivity index (χ0n) is 2.54. The zero-order valence-corrected chi connectivity index (χ0v) is 5.71. The van der Waals surface area contributed by atoms with Crippen molar-refractivity contribution in [1.29, 1.82) is 0 Å². The lowest BCUT2D eigenvalue weighted by atomic mass is 10.8. The third-order valence-corrected chi connectivity index (χ3v) is 1.51. The van der Waals surface area contributed by atoms with Gasteiger partial charge in [0.2, 0.25) is 0 Å². The van der Waals surface area contributed by atoms with Crippen LogP contribution in [-0.2, 0) is 0 Å². The molecule has 0 bridgehead atoms. The van der Waals surface area contributed by atoms with Gasteiger partial charge in [-0.15, -0.1) is 0 Å². The molecule has 0 aliphatic rings. The smallest absolute Gasteiger partial charge is 0.00232 e. The van der Waals surface area contributed by atoms with Crippen LogP contribution in [0.15, 0.2) is 9.47 Å². The van der Waals surface area contributed by atoms with Crippen LogP contribution in [0.3, 0.4) is 0 Å². The van der Waals surface area contributed by atoms with Crippen LogP contribution in [0.1, 0.15) is 0 Å². The molecule has 0 fully saturated rings. The molecular weight excluding hydrogens is 196 g/mol. The van der Waals surface area contributed by atoms with Crippen molar-refractivity contribution in [2.24, 2.45) is 0 Å². The van der Waals surface area contributed by atoms with Crippen LogP contribution in [0.25, 0.3) is 0 Å². The SMILES string of the molecule is [CH2]C(Br)=CBr. The van der Waals surface area contributed by atoms with Gasteiger partial charge in [-0.3, -0.25) is 0 Å². The van der Waals surface area contributed by atoms with Gasteiger partial charge in [0.25, 0.3) is 0 Å². The second-order valence-corrected chi connectivity index (χ2v) is 2.03. The molecule has 0 atom stereocenters. The van der Waals surface area contributed by atoms with Crippen LogP contribution in [-0.4, -0.2) is 0 Å². The van der Waals surface area contributed by atoms with Gasteiger partial charge in [-0.05, 0) is 11.9 Å². The van der Waals surface area contributed by atoms with E-state index >= 15 is 0 Å². The zero-order chi connectivity index (χ0) is 4.28. The molecule has 0 rings (SSSR count). The molecule has 0 N–H and O–H groups in total. The lowest BCUT2D eigenvalue weighted by Gasteiger charge is -1.68. The highest BCUT2D eigenvalue weighted by Crippen LogP contribution is 2.02. The first-order valence-electron chi connectivity index (χ1n) is 1.05. The fourth-order valence-corrected chi connectivity index (χ4v) is 0. The largest absolute Gasteiger partial charge is 0.0586 e. The van der Waals surface area contributed by atoms with Crippen molar-refractivity contribution in [1.82, 2.24) is 0 Å². The Morgan fingerprint density at radius 1 is 1.80 bits per heavy atom. The average Bonchev–Trinajstić information content (AvgIpc) is 1.38. The highest BCUT2D eigenvalue weighted by molar-refractivity contribution is 9.14. The Morgan fingerprint density at radius 3 is 2.00 bits per heavy atom. The van der Waals surface area contributed by atoms with Gasteiger partial charge in [0, 0.05) is 4.48 Å². The minimum absolute atomic E-state index is 0.859. The van der Waals surface area contributed by atoms with E-state index in [0.717, 1.165) is 4.48 Å². The molecule has 5 heavy (non-hydrogen) atoms. The monoisotopic (exact) mass is 197 g/mol. The van der Waals surface area contributed by atoms with Gasteiger partial charge in [-0.1, -0.05) is 31.9 Å². The standard InChI is InChI=1S/C3H3Br2/c1-3(5)2-4/h2H,1H2. The van der Waals surface area contributed by atoms with E-state index in [1.54, 1.807) is 4.99 Å². The molecule has 0 heterocycles. The Morgan fingerprint density at radius 2 is 2.00 bits per heavy atom. The van der Waals surface area contributed by atoms with Crippen molar-refractivity contribution in [3.8, 4) is 0 Å². The molecule has 0 aliphatic heterocycles. The Labute approximate surface area is 48.5 Å². The molecule has 0 saturated heterocycles. The molecule has 0 amide bonds. The maximum absolute atomic E-state index is 3.49. The molecule has 0 aromatic heterocycles. The van der Waals surface area contributed by atoms with Gasteiger partial charge in [-0.2, -0.15) is 0 Å². The molecule has 1 radical (unpaired) electrons. The van der Waals surface area contributed by atoms with Gasteiger partial charge in [0.1, 0.15) is 0 Å². The van der Waals surface area contributed by atoms with Crippen LogP contribution in [0.5, 0.6) is 0 Å². The Hall–Kier alpha value is 0.700. The summed E-state index contributed by atoms with van der Waals surface area (Å²) in [5.74, 6) is 0. The summed E-state index contributed by atoms with van der Waals surface area (Å²) in [6, 6.07) is 0. The molecule has 2 heteroatoms. The molecule has 0 unspecified atom stereocenters. The minimum Gasteiger partial charge on any atom is -0.0586 e. The quantitative estimate of drug-likeness (QED) is 0.561. The Balaban J connectivity index is 3.14. The van der Waals surface area contributed by atoms with Crippen molar-refractivity contribution in [2.75, 3.05) is 0 Å². The van der Waals surface area contributed by atoms with E-state index in [9.17, 15) is 0 Å². The van der Waals surface area contributed by atoms with E-state index in [-0.39, 0.29) is 0 Å². The molecular formula is C3H3Br2. The summed E-state index contributed by atoms with van der Waals surface area (Å²) in [6.45, 7) is 3.49. The van der Waals surface area contributed by atoms with Crippen molar-refractivity contribution < 1.29 is 0 Å². The van der Waals surface area contributed by atoms with Gasteiger partial charge >= 0.3 is 0 Å². The molecule has 0 saturated carbocycles. The maximum atomic E-state index is 3.49. The first kappa shape index (κ1) is 5.70. The van der Waals surface area contributed by atoms with Crippen LogP contribution >= 0.6 is 31.9 Å². The summed E-state index contributed by atoms with van der Waals surface area (Å²) < 4.78 is 0.859. The third-order valence-electron chi connectivity index (χ3n) is 0.118. The summed E-state index contributed by atoms with van der Waals surface area (Å²) in [5.41, 5.74) is 0. The Kier molecular flexibility index (Phi) is 3.32. The van der Waals surface area contributed by atoms with E-state index in [0.29, 0.717) is 0 Å². The molecule has 0 aromatic carbocycles. The number of hydrogen-bond donors (Lipinski definition) is 0. The van der Waals surface area contributed by atoms with Crippen LogP contribution in [0, 0.1) is 6.92 Å². The van der Waals surface area contributed by atoms with Crippen molar-refractivity contribution >= 4 is 31.9 Å². The topological polar surface area (TPSA) is 0 Å². The number of rotatable bonds is 0. The summed E-state index contributed by atoms with van der Waals surface area (Å²) in [5, 5.41) is 0. The molecule has 29 valence electrons. The van der Waals surface area contributed by atoms with Gasteiger partial charge in [-0.25, -0.2) is 0 Å². The van der Waals surface area contributed by atoms with Gasteiger partial charge < -0.3 is 0 Å². The highest BCUT2D eigenvalue weighted by Gasteiger charge is 1.65. The van der Waals surface area contributed by atoms with Crippen LogP contribution in [0.4, 0.5) is 0 Å². The van der Waals surface area contributed by atoms with Gasteiger partial charge in [0.05, 0.1) is 0 Å². The highest BCUT2D eigenvalue weighted by atomic mass is 79.9. The fourth-order valence-electron chi connectivity index (χ4n) is 0. The number of hydrogen-bond acceptors (Lipinski definition) is 0. The minimum atomic E-state index is 0.859. The van der Waals surface area contributed by atoms with Crippen molar-refractivity contribution in [3.05, 3.63) is 16.4 Å². The number of halogens is 2. The van der Waals surface area contributed by atoms with E-state index in [1.807, 2.05) is 0 Å². The molecule has 0 spiro atoms. The first-order chi connectivity index (χ1) is 2.27. The van der Waals surface area contributed by atoms with Crippen LogP contribution in [0.2, 0.25) is 0 Å². The van der Waals surface area contributed by atoms with Crippen molar-refractivity contribution in [3.63, 3.8) is 0 Å². The fraction of sp³-hybridized carbons (Fsp3) is 0. The van der Waals surface area contributed by atoms with Gasteiger partial charge in [0.15, 0.2) is 0 Å². The molecule has 0 aliphatic carbocycles. The first-order valence-corrected chi connectivity index (χ1v) is 2.76. The van der Waals surface area contributed by atoms with E-state index in [2.05, 4.69) is 38.8 Å². The average molecular weight is 199 g/mol. The maximum Gasteiger partial charge on any atom is 0.00232 e. The summed E-state index contributed by atoms with van der Waals surface area (Å²) in [4.78, 5) is 1.70. The normalized spacial score (nSPS) is 12.2. The lowest BCUT2D eigenvalue weighted by molar-refractivity contribution is 2.10. The number of allylic oxidation sites excluding steroid dienone is 1. The predicted octanol–water partition coefficient (Wildman–Crippen LogP) is 2.45. The van der Waals surface area contributed by atoms with Crippen LogP contribution < -0.4 is 0 Å². The third kappa shape index (κ3) is 4.70. The Bertz CT molecular complexity index is 42.9. The molecule has 0 aromatic rings. The second-order valence-electron chi connectivity index (χ2n) is 0.556. The molecule has 0 nitrogen and oxygen atoms in total. The van der Waals surface area contributed by atoms with E-state index < -0.39 is 0 Å². The summed E-state index contributed by atoms with van der Waals surface area (Å²) in [7, 11) is 0. The lowest BCUT2D eigenvalue weighted by Crippen LogP contribution is -1.41. The predicted molar refractivity (Wildman–Crippen MR) is 31.3 cm³/mol. The van der Waals surface area contributed by atoms with E-state index in [1.165, 1.54) is 0 Å². The summed E-state index contributed by atoms with van der Waals surface area (Å²) in [6.07, 6.45) is 0. The van der Waals surface area contributed by atoms with Crippen molar-refractivity contribution in [2.45, 2.75) is 0 Å². The second kappa shape index (κ2) is 2.91. The summed E-state index contributed by atoms with van der Waals surface area (Å²) >= 11 is 6.12.